The summed E-state index contributed by atoms with van der Waals surface area (Å²) in [5.74, 6) is 0.581. The van der Waals surface area contributed by atoms with Gasteiger partial charge in [0, 0.05) is 49.9 Å². The third kappa shape index (κ3) is 7.16. The predicted octanol–water partition coefficient (Wildman–Crippen LogP) is 5.36. The minimum atomic E-state index is -0.0820. The van der Waals surface area contributed by atoms with Crippen molar-refractivity contribution in [3.8, 4) is 6.07 Å². The van der Waals surface area contributed by atoms with Crippen LogP contribution in [0.1, 0.15) is 68.7 Å². The zero-order chi connectivity index (χ0) is 27.9. The Morgan fingerprint density at radius 3 is 2.02 bits per heavy atom. The molecule has 5 rings (SSSR count). The molecular formula is C34H38N4O2. The number of carbonyl (C=O) groups is 2. The first-order valence-corrected chi connectivity index (χ1v) is 14.4. The van der Waals surface area contributed by atoms with Gasteiger partial charge in [-0.1, -0.05) is 42.0 Å². The number of likely N-dealkylation sites (tertiary alicyclic amines) is 2. The largest absolute Gasteiger partial charge is 0.349 e. The molecule has 2 saturated heterocycles. The molecule has 2 heterocycles. The first kappa shape index (κ1) is 27.6. The van der Waals surface area contributed by atoms with Gasteiger partial charge in [0.05, 0.1) is 11.6 Å². The molecule has 40 heavy (non-hydrogen) atoms. The normalized spacial score (nSPS) is 16.9. The second-order valence-corrected chi connectivity index (χ2v) is 11.3. The Morgan fingerprint density at radius 1 is 0.800 bits per heavy atom. The fourth-order valence-electron chi connectivity index (χ4n) is 5.79. The van der Waals surface area contributed by atoms with Crippen LogP contribution < -0.4 is 5.32 Å². The van der Waals surface area contributed by atoms with Crippen LogP contribution in [-0.2, 0) is 13.0 Å². The van der Waals surface area contributed by atoms with Crippen molar-refractivity contribution < 1.29 is 9.59 Å². The molecule has 6 heteroatoms. The van der Waals surface area contributed by atoms with Crippen molar-refractivity contribution in [2.75, 3.05) is 26.2 Å². The van der Waals surface area contributed by atoms with E-state index in [0.29, 0.717) is 22.6 Å². The van der Waals surface area contributed by atoms with Gasteiger partial charge in [0.15, 0.2) is 0 Å². The van der Waals surface area contributed by atoms with Gasteiger partial charge in [-0.05, 0) is 92.5 Å². The van der Waals surface area contributed by atoms with Crippen LogP contribution in [0, 0.1) is 24.2 Å². The molecular weight excluding hydrogens is 496 g/mol. The summed E-state index contributed by atoms with van der Waals surface area (Å²) in [6.45, 7) is 6.36. The number of rotatable bonds is 7. The molecule has 6 nitrogen and oxygen atoms in total. The quantitative estimate of drug-likeness (QED) is 0.443. The van der Waals surface area contributed by atoms with Crippen molar-refractivity contribution in [1.29, 1.82) is 5.26 Å². The van der Waals surface area contributed by atoms with E-state index >= 15 is 0 Å². The van der Waals surface area contributed by atoms with Gasteiger partial charge >= 0.3 is 0 Å². The Hall–Kier alpha value is -3.95. The number of hydrogen-bond acceptors (Lipinski definition) is 4. The maximum Gasteiger partial charge on any atom is 0.253 e. The summed E-state index contributed by atoms with van der Waals surface area (Å²) in [6, 6.07) is 25.9. The van der Waals surface area contributed by atoms with Crippen molar-refractivity contribution in [3.63, 3.8) is 0 Å². The minimum Gasteiger partial charge on any atom is -0.349 e. The van der Waals surface area contributed by atoms with Gasteiger partial charge in [0.2, 0.25) is 0 Å². The lowest BCUT2D eigenvalue weighted by atomic mass is 9.89. The summed E-state index contributed by atoms with van der Waals surface area (Å²) in [5, 5.41) is 12.1. The van der Waals surface area contributed by atoms with Crippen LogP contribution in [0.25, 0.3) is 0 Å². The maximum absolute atomic E-state index is 13.1. The summed E-state index contributed by atoms with van der Waals surface area (Å²) in [6.07, 6.45) is 4.91. The van der Waals surface area contributed by atoms with E-state index in [0.717, 1.165) is 64.8 Å². The first-order chi connectivity index (χ1) is 19.5. The average molecular weight is 535 g/mol. The van der Waals surface area contributed by atoms with Gasteiger partial charge in [0.1, 0.15) is 0 Å². The molecule has 0 spiro atoms. The molecule has 0 bridgehead atoms. The number of nitrogens with one attached hydrogen (secondary N) is 1. The van der Waals surface area contributed by atoms with E-state index in [4.69, 9.17) is 5.26 Å². The second kappa shape index (κ2) is 12.9. The maximum atomic E-state index is 13.1. The number of benzene rings is 3. The molecule has 0 saturated carbocycles. The van der Waals surface area contributed by atoms with Gasteiger partial charge < -0.3 is 10.2 Å². The minimum absolute atomic E-state index is 0.0513. The second-order valence-electron chi connectivity index (χ2n) is 11.3. The van der Waals surface area contributed by atoms with Gasteiger partial charge in [-0.25, -0.2) is 0 Å². The summed E-state index contributed by atoms with van der Waals surface area (Å²) >= 11 is 0. The van der Waals surface area contributed by atoms with Crippen LogP contribution in [0.4, 0.5) is 0 Å². The highest BCUT2D eigenvalue weighted by molar-refractivity contribution is 5.98. The van der Waals surface area contributed by atoms with Gasteiger partial charge in [0.25, 0.3) is 11.8 Å². The van der Waals surface area contributed by atoms with Crippen LogP contribution in [0.15, 0.2) is 72.8 Å². The number of amides is 2. The highest BCUT2D eigenvalue weighted by Gasteiger charge is 2.25. The smallest absolute Gasteiger partial charge is 0.253 e. The van der Waals surface area contributed by atoms with E-state index in [1.54, 1.807) is 24.3 Å². The third-order valence-electron chi connectivity index (χ3n) is 8.35. The van der Waals surface area contributed by atoms with Crippen molar-refractivity contribution in [2.24, 2.45) is 5.92 Å². The van der Waals surface area contributed by atoms with Crippen LogP contribution in [0.3, 0.4) is 0 Å². The topological polar surface area (TPSA) is 76.4 Å². The van der Waals surface area contributed by atoms with Crippen LogP contribution in [-0.4, -0.2) is 53.8 Å². The monoisotopic (exact) mass is 534 g/mol. The molecule has 0 radical (unpaired) electrons. The number of hydrogen-bond donors (Lipinski definition) is 1. The summed E-state index contributed by atoms with van der Waals surface area (Å²) in [7, 11) is 0. The van der Waals surface area contributed by atoms with Crippen molar-refractivity contribution >= 4 is 11.8 Å². The Bertz CT molecular complexity index is 1330. The summed E-state index contributed by atoms with van der Waals surface area (Å²) in [4.78, 5) is 30.3. The Labute approximate surface area is 237 Å². The lowest BCUT2D eigenvalue weighted by Gasteiger charge is -2.32. The molecule has 0 atom stereocenters. The van der Waals surface area contributed by atoms with Crippen LogP contribution >= 0.6 is 0 Å². The summed E-state index contributed by atoms with van der Waals surface area (Å²) in [5.41, 5.74) is 5.76. The Morgan fingerprint density at radius 2 is 1.40 bits per heavy atom. The lowest BCUT2D eigenvalue weighted by molar-refractivity contribution is 0.0690. The van der Waals surface area contributed by atoms with E-state index in [1.165, 1.54) is 16.7 Å². The molecule has 2 aliphatic rings. The molecule has 0 aliphatic carbocycles. The number of aryl methyl sites for hydroxylation is 1. The SMILES string of the molecule is Cc1ccc(CC2CCN(C(=O)c3ccc(C(=O)NC4CCN(Cc5ccc(C#N)cc5)CC4)cc3)CC2)cc1. The molecule has 2 aliphatic heterocycles. The van der Waals surface area contributed by atoms with Crippen LogP contribution in [0.5, 0.6) is 0 Å². The molecule has 3 aromatic rings. The molecule has 1 N–H and O–H groups in total. The highest BCUT2D eigenvalue weighted by atomic mass is 16.2. The van der Waals surface area contributed by atoms with E-state index in [2.05, 4.69) is 47.5 Å². The summed E-state index contributed by atoms with van der Waals surface area (Å²) < 4.78 is 0. The lowest BCUT2D eigenvalue weighted by Crippen LogP contribution is -2.44. The Kier molecular flexibility index (Phi) is 8.93. The van der Waals surface area contributed by atoms with Crippen molar-refractivity contribution in [1.82, 2.24) is 15.1 Å². The Balaban J connectivity index is 1.05. The van der Waals surface area contributed by atoms with Gasteiger partial charge in [-0.3, -0.25) is 14.5 Å². The first-order valence-electron chi connectivity index (χ1n) is 14.4. The fraction of sp³-hybridized carbons (Fsp3) is 0.382. The molecule has 0 unspecified atom stereocenters. The van der Waals surface area contributed by atoms with Crippen molar-refractivity contribution in [2.45, 2.75) is 51.6 Å². The van der Waals surface area contributed by atoms with Gasteiger partial charge in [-0.2, -0.15) is 5.26 Å². The standard InChI is InChI=1S/C34H38N4O2/c1-25-2-4-26(5-3-25)22-27-14-20-38(21-15-27)34(40)31-12-10-30(11-13-31)33(39)36-32-16-18-37(19-17-32)24-29-8-6-28(23-35)7-9-29/h2-13,27,32H,14-22,24H2,1H3,(H,36,39). The number of nitriles is 1. The zero-order valence-electron chi connectivity index (χ0n) is 23.3. The predicted molar refractivity (Wildman–Crippen MR) is 157 cm³/mol. The fourth-order valence-corrected chi connectivity index (χ4v) is 5.79. The number of nitrogens with zero attached hydrogens (tertiary/aromatic N) is 3. The highest BCUT2D eigenvalue weighted by Crippen LogP contribution is 2.23. The third-order valence-corrected chi connectivity index (χ3v) is 8.35. The average Bonchev–Trinajstić information content (AvgIpc) is 3.00. The number of piperidine rings is 2. The molecule has 206 valence electrons. The molecule has 2 fully saturated rings. The van der Waals surface area contributed by atoms with Crippen molar-refractivity contribution in [3.05, 3.63) is 106 Å². The van der Waals surface area contributed by atoms with E-state index in [9.17, 15) is 9.59 Å². The molecule has 3 aromatic carbocycles. The van der Waals surface area contributed by atoms with E-state index < -0.39 is 0 Å². The molecule has 2 amide bonds. The number of carbonyl (C=O) groups excluding carboxylic acids is 2. The van der Waals surface area contributed by atoms with E-state index in [-0.39, 0.29) is 17.9 Å². The van der Waals surface area contributed by atoms with E-state index in [1.807, 2.05) is 29.2 Å². The zero-order valence-corrected chi connectivity index (χ0v) is 23.3. The van der Waals surface area contributed by atoms with Crippen LogP contribution in [0.2, 0.25) is 0 Å². The van der Waals surface area contributed by atoms with Gasteiger partial charge in [-0.15, -0.1) is 0 Å². The molecule has 0 aromatic heterocycles.